The third-order valence-corrected chi connectivity index (χ3v) is 3.91. The molecule has 0 bridgehead atoms. The lowest BCUT2D eigenvalue weighted by atomic mass is 9.88. The smallest absolute Gasteiger partial charge is 0.169 e. The highest BCUT2D eigenvalue weighted by Gasteiger charge is 2.20. The normalized spacial score (nSPS) is 17.1. The van der Waals surface area contributed by atoms with E-state index < -0.39 is 0 Å². The van der Waals surface area contributed by atoms with Crippen molar-refractivity contribution in [1.29, 1.82) is 0 Å². The SMILES string of the molecule is CCCOc1cccnc1NC1CCCc2ccccc21. The number of benzene rings is 1. The number of nitrogens with zero attached hydrogens (tertiary/aromatic N) is 1. The highest BCUT2D eigenvalue weighted by Crippen LogP contribution is 2.34. The van der Waals surface area contributed by atoms with Gasteiger partial charge in [0.15, 0.2) is 11.6 Å². The molecule has 1 aromatic carbocycles. The summed E-state index contributed by atoms with van der Waals surface area (Å²) in [5.41, 5.74) is 2.85. The maximum absolute atomic E-state index is 5.79. The minimum Gasteiger partial charge on any atom is -0.490 e. The van der Waals surface area contributed by atoms with E-state index in [0.717, 1.165) is 31.0 Å². The first-order valence-electron chi connectivity index (χ1n) is 7.80. The number of nitrogens with one attached hydrogen (secondary N) is 1. The Balaban J connectivity index is 1.81. The number of rotatable bonds is 5. The number of fused-ring (bicyclic) bond motifs is 1. The molecule has 1 atom stereocenters. The molecule has 0 aliphatic heterocycles. The van der Waals surface area contributed by atoms with E-state index >= 15 is 0 Å². The largest absolute Gasteiger partial charge is 0.490 e. The quantitative estimate of drug-likeness (QED) is 0.884. The van der Waals surface area contributed by atoms with E-state index in [1.54, 1.807) is 0 Å². The van der Waals surface area contributed by atoms with Crippen molar-refractivity contribution in [3.63, 3.8) is 0 Å². The second kappa shape index (κ2) is 6.61. The molecular weight excluding hydrogens is 260 g/mol. The topological polar surface area (TPSA) is 34.1 Å². The number of aryl methyl sites for hydroxylation is 1. The van der Waals surface area contributed by atoms with Crippen LogP contribution in [0.5, 0.6) is 5.75 Å². The summed E-state index contributed by atoms with van der Waals surface area (Å²) in [7, 11) is 0. The molecule has 110 valence electrons. The fraction of sp³-hybridized carbons (Fsp3) is 0.389. The highest BCUT2D eigenvalue weighted by atomic mass is 16.5. The number of ether oxygens (including phenoxy) is 1. The molecule has 1 N–H and O–H groups in total. The molecule has 3 rings (SSSR count). The van der Waals surface area contributed by atoms with E-state index in [4.69, 9.17) is 4.74 Å². The lowest BCUT2D eigenvalue weighted by molar-refractivity contribution is 0.317. The summed E-state index contributed by atoms with van der Waals surface area (Å²) in [5, 5.41) is 3.58. The van der Waals surface area contributed by atoms with E-state index in [9.17, 15) is 0 Å². The third-order valence-electron chi connectivity index (χ3n) is 3.91. The summed E-state index contributed by atoms with van der Waals surface area (Å²) in [6.45, 7) is 2.84. The Morgan fingerprint density at radius 1 is 1.24 bits per heavy atom. The molecule has 1 aliphatic carbocycles. The van der Waals surface area contributed by atoms with Crippen molar-refractivity contribution in [2.45, 2.75) is 38.6 Å². The molecule has 21 heavy (non-hydrogen) atoms. The van der Waals surface area contributed by atoms with Crippen LogP contribution in [0.2, 0.25) is 0 Å². The standard InChI is InChI=1S/C18H22N2O/c1-2-13-21-17-11-6-12-19-18(17)20-16-10-5-8-14-7-3-4-9-15(14)16/h3-4,6-7,9,11-12,16H,2,5,8,10,13H2,1H3,(H,19,20). The van der Waals surface area contributed by atoms with Crippen molar-refractivity contribution in [2.24, 2.45) is 0 Å². The Hall–Kier alpha value is -2.03. The molecule has 0 fully saturated rings. The summed E-state index contributed by atoms with van der Waals surface area (Å²) in [4.78, 5) is 4.46. The second-order valence-corrected chi connectivity index (χ2v) is 5.49. The maximum Gasteiger partial charge on any atom is 0.169 e. The molecular formula is C18H22N2O. The average Bonchev–Trinajstić information content (AvgIpc) is 2.54. The van der Waals surface area contributed by atoms with Gasteiger partial charge >= 0.3 is 0 Å². The Labute approximate surface area is 126 Å². The second-order valence-electron chi connectivity index (χ2n) is 5.49. The fourth-order valence-corrected chi connectivity index (χ4v) is 2.90. The van der Waals surface area contributed by atoms with Crippen LogP contribution >= 0.6 is 0 Å². The fourth-order valence-electron chi connectivity index (χ4n) is 2.90. The van der Waals surface area contributed by atoms with Crippen LogP contribution in [-0.2, 0) is 6.42 Å². The zero-order valence-electron chi connectivity index (χ0n) is 12.5. The van der Waals surface area contributed by atoms with Gasteiger partial charge < -0.3 is 10.1 Å². The van der Waals surface area contributed by atoms with Gasteiger partial charge in [0.05, 0.1) is 12.6 Å². The van der Waals surface area contributed by atoms with Crippen LogP contribution in [0.15, 0.2) is 42.6 Å². The van der Waals surface area contributed by atoms with Gasteiger partial charge in [0.2, 0.25) is 0 Å². The molecule has 1 unspecified atom stereocenters. The number of hydrogen-bond donors (Lipinski definition) is 1. The summed E-state index contributed by atoms with van der Waals surface area (Å²) in [6.07, 6.45) is 6.35. The summed E-state index contributed by atoms with van der Waals surface area (Å²) >= 11 is 0. The number of hydrogen-bond acceptors (Lipinski definition) is 3. The van der Waals surface area contributed by atoms with Crippen molar-refractivity contribution in [2.75, 3.05) is 11.9 Å². The summed E-state index contributed by atoms with van der Waals surface area (Å²) < 4.78 is 5.79. The van der Waals surface area contributed by atoms with Gasteiger partial charge in [-0.1, -0.05) is 31.2 Å². The molecule has 3 heteroatoms. The molecule has 0 saturated carbocycles. The molecule has 0 radical (unpaired) electrons. The minimum absolute atomic E-state index is 0.328. The van der Waals surface area contributed by atoms with Crippen LogP contribution in [0.4, 0.5) is 5.82 Å². The van der Waals surface area contributed by atoms with Gasteiger partial charge in [0.25, 0.3) is 0 Å². The summed E-state index contributed by atoms with van der Waals surface area (Å²) in [5.74, 6) is 1.70. The molecule has 0 spiro atoms. The van der Waals surface area contributed by atoms with Crippen molar-refractivity contribution in [1.82, 2.24) is 4.98 Å². The molecule has 0 amide bonds. The Bertz CT molecular complexity index is 597. The predicted octanol–water partition coefficient (Wildman–Crippen LogP) is 4.36. The van der Waals surface area contributed by atoms with Crippen LogP contribution in [0.3, 0.4) is 0 Å². The average molecular weight is 282 g/mol. The first-order valence-corrected chi connectivity index (χ1v) is 7.80. The van der Waals surface area contributed by atoms with Gasteiger partial charge in [0.1, 0.15) is 0 Å². The zero-order valence-corrected chi connectivity index (χ0v) is 12.5. The van der Waals surface area contributed by atoms with Crippen LogP contribution in [0.25, 0.3) is 0 Å². The van der Waals surface area contributed by atoms with Crippen LogP contribution in [-0.4, -0.2) is 11.6 Å². The van der Waals surface area contributed by atoms with E-state index in [-0.39, 0.29) is 0 Å². The predicted molar refractivity (Wildman–Crippen MR) is 85.8 cm³/mol. The van der Waals surface area contributed by atoms with Gasteiger partial charge in [-0.15, -0.1) is 0 Å². The molecule has 1 aliphatic rings. The molecule has 1 heterocycles. The minimum atomic E-state index is 0.328. The molecule has 3 nitrogen and oxygen atoms in total. The van der Waals surface area contributed by atoms with Gasteiger partial charge in [-0.05, 0) is 48.9 Å². The van der Waals surface area contributed by atoms with Crippen LogP contribution < -0.4 is 10.1 Å². The first-order chi connectivity index (χ1) is 10.4. The van der Waals surface area contributed by atoms with Crippen molar-refractivity contribution in [3.05, 3.63) is 53.7 Å². The Morgan fingerprint density at radius 3 is 3.05 bits per heavy atom. The number of anilines is 1. The van der Waals surface area contributed by atoms with Gasteiger partial charge in [-0.2, -0.15) is 0 Å². The molecule has 1 aromatic heterocycles. The molecule has 0 saturated heterocycles. The third kappa shape index (κ3) is 3.18. The zero-order chi connectivity index (χ0) is 14.5. The first kappa shape index (κ1) is 13.9. The van der Waals surface area contributed by atoms with E-state index in [1.165, 1.54) is 24.0 Å². The number of pyridine rings is 1. The lowest BCUT2D eigenvalue weighted by Gasteiger charge is -2.27. The van der Waals surface area contributed by atoms with E-state index in [0.29, 0.717) is 6.04 Å². The number of aromatic nitrogens is 1. The van der Waals surface area contributed by atoms with Gasteiger partial charge in [-0.25, -0.2) is 4.98 Å². The van der Waals surface area contributed by atoms with Crippen molar-refractivity contribution < 1.29 is 4.74 Å². The lowest BCUT2D eigenvalue weighted by Crippen LogP contribution is -2.18. The van der Waals surface area contributed by atoms with Crippen molar-refractivity contribution in [3.8, 4) is 5.75 Å². The van der Waals surface area contributed by atoms with Gasteiger partial charge in [-0.3, -0.25) is 0 Å². The Kier molecular flexibility index (Phi) is 4.39. The summed E-state index contributed by atoms with van der Waals surface area (Å²) in [6, 6.07) is 12.9. The van der Waals surface area contributed by atoms with E-state index in [1.807, 2.05) is 18.3 Å². The van der Waals surface area contributed by atoms with Crippen LogP contribution in [0.1, 0.15) is 43.4 Å². The van der Waals surface area contributed by atoms with Crippen molar-refractivity contribution >= 4 is 5.82 Å². The maximum atomic E-state index is 5.79. The monoisotopic (exact) mass is 282 g/mol. The van der Waals surface area contributed by atoms with Gasteiger partial charge in [0, 0.05) is 6.20 Å². The molecule has 2 aromatic rings. The highest BCUT2D eigenvalue weighted by molar-refractivity contribution is 5.52. The Morgan fingerprint density at radius 2 is 2.14 bits per heavy atom. The van der Waals surface area contributed by atoms with Crippen LogP contribution in [0, 0.1) is 0 Å². The van der Waals surface area contributed by atoms with E-state index in [2.05, 4.69) is 41.5 Å².